The molecule has 1 aromatic rings. The maximum Gasteiger partial charge on any atom is 0.202 e. The normalized spacial score (nSPS) is 10.3. The molecule has 0 saturated carbocycles. The predicted molar refractivity (Wildman–Crippen MR) is 62.5 cm³/mol. The second kappa shape index (κ2) is 4.79. The molecule has 1 nitrogen and oxygen atoms in total. The molecule has 0 bridgehead atoms. The van der Waals surface area contributed by atoms with Crippen LogP contribution in [0.3, 0.4) is 0 Å². The number of carbonyl (C=O) groups is 1. The van der Waals surface area contributed by atoms with Crippen molar-refractivity contribution in [2.45, 2.75) is 32.6 Å². The van der Waals surface area contributed by atoms with E-state index in [9.17, 15) is 4.79 Å². The second-order valence-electron chi connectivity index (χ2n) is 4.28. The molecular weight excluding hydrogens is 184 g/mol. The van der Waals surface area contributed by atoms with Gasteiger partial charge in [-0.1, -0.05) is 50.1 Å². The Kier molecular flexibility index (Phi) is 3.68. The fraction of sp³-hybridized carbons (Fsp3) is 0.357. The zero-order valence-corrected chi connectivity index (χ0v) is 9.50. The summed E-state index contributed by atoms with van der Waals surface area (Å²) in [6.45, 7) is 5.76. The van der Waals surface area contributed by atoms with Crippen molar-refractivity contribution in [3.05, 3.63) is 35.9 Å². The molecule has 0 unspecified atom stereocenters. The lowest BCUT2D eigenvalue weighted by Gasteiger charge is -2.22. The van der Waals surface area contributed by atoms with Gasteiger partial charge in [0.05, 0.1) is 0 Å². The van der Waals surface area contributed by atoms with E-state index in [1.807, 2.05) is 18.2 Å². The van der Waals surface area contributed by atoms with Crippen LogP contribution in [0.4, 0.5) is 0 Å². The highest BCUT2D eigenvalue weighted by atomic mass is 16.1. The molecule has 0 radical (unpaired) electrons. The average Bonchev–Trinajstić information content (AvgIpc) is 2.18. The number of benzene rings is 1. The molecule has 0 aromatic heterocycles. The Labute approximate surface area is 91.5 Å². The highest BCUT2D eigenvalue weighted by Crippen LogP contribution is 2.25. The first-order valence-electron chi connectivity index (χ1n) is 5.07. The van der Waals surface area contributed by atoms with Gasteiger partial charge in [-0.2, -0.15) is 0 Å². The van der Waals surface area contributed by atoms with Gasteiger partial charge in [0.2, 0.25) is 5.78 Å². The summed E-state index contributed by atoms with van der Waals surface area (Å²) in [6.07, 6.45) is 0.705. The van der Waals surface area contributed by atoms with Crippen molar-refractivity contribution in [3.8, 4) is 11.8 Å². The van der Waals surface area contributed by atoms with Crippen LogP contribution in [0.25, 0.3) is 0 Å². The smallest absolute Gasteiger partial charge is 0.202 e. The minimum Gasteiger partial charge on any atom is -0.285 e. The van der Waals surface area contributed by atoms with Crippen LogP contribution < -0.4 is 0 Å². The minimum atomic E-state index is -0.0705. The van der Waals surface area contributed by atoms with E-state index in [1.54, 1.807) is 0 Å². The summed E-state index contributed by atoms with van der Waals surface area (Å²) >= 11 is 0. The molecule has 0 spiro atoms. The van der Waals surface area contributed by atoms with Gasteiger partial charge in [0.25, 0.3) is 0 Å². The summed E-state index contributed by atoms with van der Waals surface area (Å²) in [5.74, 6) is 5.44. The Morgan fingerprint density at radius 1 is 1.27 bits per heavy atom. The van der Waals surface area contributed by atoms with E-state index in [0.717, 1.165) is 0 Å². The Morgan fingerprint density at radius 3 is 2.40 bits per heavy atom. The summed E-state index contributed by atoms with van der Waals surface area (Å²) in [4.78, 5) is 10.7. The lowest BCUT2D eigenvalue weighted by Crippen LogP contribution is -2.15. The summed E-state index contributed by atoms with van der Waals surface area (Å²) in [5, 5.41) is 0. The standard InChI is InChI=1S/C14H16O/c1-12(15)8-7-11-14(2,3)13-9-5-4-6-10-13/h4-6,9-10H,11H2,1-3H3. The van der Waals surface area contributed by atoms with Gasteiger partial charge in [0.15, 0.2) is 0 Å². The first kappa shape index (κ1) is 11.5. The lowest BCUT2D eigenvalue weighted by atomic mass is 9.82. The summed E-state index contributed by atoms with van der Waals surface area (Å²) in [7, 11) is 0. The molecule has 0 saturated heterocycles. The monoisotopic (exact) mass is 200 g/mol. The number of ketones is 1. The Bertz CT molecular complexity index is 390. The number of hydrogen-bond acceptors (Lipinski definition) is 1. The molecule has 78 valence electrons. The largest absolute Gasteiger partial charge is 0.285 e. The van der Waals surface area contributed by atoms with E-state index >= 15 is 0 Å². The van der Waals surface area contributed by atoms with Crippen LogP contribution in [-0.4, -0.2) is 5.78 Å². The van der Waals surface area contributed by atoms with Gasteiger partial charge in [-0.15, -0.1) is 0 Å². The molecule has 0 atom stereocenters. The number of Topliss-reactive ketones (excluding diaryl/α,β-unsaturated/α-hetero) is 1. The third kappa shape index (κ3) is 3.59. The molecule has 0 amide bonds. The lowest BCUT2D eigenvalue weighted by molar-refractivity contribution is -0.111. The second-order valence-corrected chi connectivity index (χ2v) is 4.28. The van der Waals surface area contributed by atoms with Gasteiger partial charge in [0.1, 0.15) is 0 Å². The van der Waals surface area contributed by atoms with Gasteiger partial charge < -0.3 is 0 Å². The number of hydrogen-bond donors (Lipinski definition) is 0. The van der Waals surface area contributed by atoms with E-state index in [4.69, 9.17) is 0 Å². The van der Waals surface area contributed by atoms with Gasteiger partial charge >= 0.3 is 0 Å². The van der Waals surface area contributed by atoms with Crippen LogP contribution in [-0.2, 0) is 10.2 Å². The van der Waals surface area contributed by atoms with E-state index in [-0.39, 0.29) is 11.2 Å². The van der Waals surface area contributed by atoms with Crippen molar-refractivity contribution >= 4 is 5.78 Å². The fourth-order valence-electron chi connectivity index (χ4n) is 1.38. The molecule has 0 fully saturated rings. The predicted octanol–water partition coefficient (Wildman–Crippen LogP) is 2.95. The summed E-state index contributed by atoms with van der Waals surface area (Å²) in [6, 6.07) is 10.2. The SMILES string of the molecule is CC(=O)C#CCC(C)(C)c1ccccc1. The van der Waals surface area contributed by atoms with E-state index < -0.39 is 0 Å². The highest BCUT2D eigenvalue weighted by molar-refractivity contribution is 5.93. The molecule has 1 rings (SSSR count). The highest BCUT2D eigenvalue weighted by Gasteiger charge is 2.18. The fourth-order valence-corrected chi connectivity index (χ4v) is 1.38. The maximum atomic E-state index is 10.7. The molecule has 1 aromatic carbocycles. The van der Waals surface area contributed by atoms with Crippen LogP contribution >= 0.6 is 0 Å². The minimum absolute atomic E-state index is 0.00368. The van der Waals surface area contributed by atoms with E-state index in [2.05, 4.69) is 37.8 Å². The zero-order chi connectivity index (χ0) is 11.3. The summed E-state index contributed by atoms with van der Waals surface area (Å²) < 4.78 is 0. The van der Waals surface area contributed by atoms with Crippen molar-refractivity contribution in [2.24, 2.45) is 0 Å². The van der Waals surface area contributed by atoms with Gasteiger partial charge in [-0.05, 0) is 11.5 Å². The third-order valence-electron chi connectivity index (χ3n) is 2.35. The van der Waals surface area contributed by atoms with E-state index in [1.165, 1.54) is 12.5 Å². The Morgan fingerprint density at radius 2 is 1.87 bits per heavy atom. The van der Waals surface area contributed by atoms with E-state index in [0.29, 0.717) is 6.42 Å². The van der Waals surface area contributed by atoms with Gasteiger partial charge in [-0.25, -0.2) is 0 Å². The quantitative estimate of drug-likeness (QED) is 0.530. The molecule has 0 aliphatic carbocycles. The number of rotatable bonds is 2. The van der Waals surface area contributed by atoms with Crippen LogP contribution in [0, 0.1) is 11.8 Å². The molecule has 1 heteroatoms. The average molecular weight is 200 g/mol. The topological polar surface area (TPSA) is 17.1 Å². The molecule has 0 heterocycles. The van der Waals surface area contributed by atoms with Crippen LogP contribution in [0.5, 0.6) is 0 Å². The molecule has 0 N–H and O–H groups in total. The maximum absolute atomic E-state index is 10.7. The van der Waals surface area contributed by atoms with Crippen molar-refractivity contribution in [3.63, 3.8) is 0 Å². The molecular formula is C14H16O. The number of carbonyl (C=O) groups excluding carboxylic acids is 1. The molecule has 0 aliphatic rings. The first-order valence-corrected chi connectivity index (χ1v) is 5.07. The summed E-state index contributed by atoms with van der Waals surface area (Å²) in [5.41, 5.74) is 1.26. The van der Waals surface area contributed by atoms with Crippen molar-refractivity contribution in [2.75, 3.05) is 0 Å². The molecule has 15 heavy (non-hydrogen) atoms. The van der Waals surface area contributed by atoms with Crippen LogP contribution in [0.1, 0.15) is 32.8 Å². The first-order chi connectivity index (χ1) is 7.02. The Balaban J connectivity index is 2.77. The van der Waals surface area contributed by atoms with Crippen LogP contribution in [0.15, 0.2) is 30.3 Å². The molecule has 0 aliphatic heterocycles. The van der Waals surface area contributed by atoms with Crippen molar-refractivity contribution in [1.82, 2.24) is 0 Å². The zero-order valence-electron chi connectivity index (χ0n) is 9.50. The van der Waals surface area contributed by atoms with Gasteiger partial charge in [0, 0.05) is 18.8 Å². The van der Waals surface area contributed by atoms with Crippen LogP contribution in [0.2, 0.25) is 0 Å². The van der Waals surface area contributed by atoms with Crippen molar-refractivity contribution in [1.29, 1.82) is 0 Å². The Hall–Kier alpha value is -1.55. The van der Waals surface area contributed by atoms with Gasteiger partial charge in [-0.3, -0.25) is 4.79 Å². The third-order valence-corrected chi connectivity index (χ3v) is 2.35. The van der Waals surface area contributed by atoms with Crippen molar-refractivity contribution < 1.29 is 4.79 Å².